The highest BCUT2D eigenvalue weighted by molar-refractivity contribution is 7.92. The van der Waals surface area contributed by atoms with E-state index in [-0.39, 0.29) is 40.3 Å². The van der Waals surface area contributed by atoms with Crippen LogP contribution in [0.4, 0.5) is 15.8 Å². The topological polar surface area (TPSA) is 102 Å². The molecule has 1 heterocycles. The maximum Gasteiger partial charge on any atom is 0.262 e. The van der Waals surface area contributed by atoms with Crippen LogP contribution in [0.1, 0.15) is 13.3 Å². The molecule has 10 heteroatoms. The second kappa shape index (κ2) is 7.76. The van der Waals surface area contributed by atoms with Crippen molar-refractivity contribution in [2.75, 3.05) is 17.2 Å². The number of rotatable bonds is 5. The molecule has 1 aliphatic heterocycles. The van der Waals surface area contributed by atoms with Crippen LogP contribution in [0.15, 0.2) is 41.3 Å². The number of sulfone groups is 1. The summed E-state index contributed by atoms with van der Waals surface area (Å²) in [4.78, 5) is 23.5. The van der Waals surface area contributed by atoms with Gasteiger partial charge < -0.3 is 15.4 Å². The summed E-state index contributed by atoms with van der Waals surface area (Å²) in [7, 11) is -3.83. The summed E-state index contributed by atoms with van der Waals surface area (Å²) >= 11 is 5.66. The number of amides is 2. The van der Waals surface area contributed by atoms with Crippen molar-refractivity contribution >= 4 is 44.6 Å². The lowest BCUT2D eigenvalue weighted by Gasteiger charge is -2.19. The van der Waals surface area contributed by atoms with Gasteiger partial charge in [0.1, 0.15) is 11.6 Å². The van der Waals surface area contributed by atoms with Gasteiger partial charge in [-0.15, -0.1) is 0 Å². The van der Waals surface area contributed by atoms with E-state index in [0.717, 1.165) is 6.07 Å². The van der Waals surface area contributed by atoms with Gasteiger partial charge in [-0.2, -0.15) is 0 Å². The van der Waals surface area contributed by atoms with Gasteiger partial charge >= 0.3 is 0 Å². The van der Waals surface area contributed by atoms with Crippen LogP contribution in [-0.4, -0.2) is 32.1 Å². The first-order valence-electron chi connectivity index (χ1n) is 8.22. The monoisotopic (exact) mass is 426 g/mol. The molecular formula is C18H16ClFN2O5S. The van der Waals surface area contributed by atoms with E-state index < -0.39 is 26.8 Å². The molecule has 0 spiro atoms. The minimum Gasteiger partial charge on any atom is -0.482 e. The van der Waals surface area contributed by atoms with E-state index in [2.05, 4.69) is 10.6 Å². The van der Waals surface area contributed by atoms with Crippen molar-refractivity contribution in [3.8, 4) is 5.75 Å². The predicted molar refractivity (Wildman–Crippen MR) is 102 cm³/mol. The van der Waals surface area contributed by atoms with E-state index in [1.165, 1.54) is 37.3 Å². The summed E-state index contributed by atoms with van der Waals surface area (Å²) in [5, 5.41) is 3.89. The molecule has 28 heavy (non-hydrogen) atoms. The van der Waals surface area contributed by atoms with Gasteiger partial charge in [0, 0.05) is 18.2 Å². The van der Waals surface area contributed by atoms with Gasteiger partial charge in [-0.1, -0.05) is 11.6 Å². The molecule has 1 atom stereocenters. The van der Waals surface area contributed by atoms with Crippen LogP contribution in [0.5, 0.6) is 5.75 Å². The van der Waals surface area contributed by atoms with Crippen LogP contribution in [0.3, 0.4) is 0 Å². The van der Waals surface area contributed by atoms with Gasteiger partial charge in [-0.25, -0.2) is 12.8 Å². The fourth-order valence-electron chi connectivity index (χ4n) is 2.62. The van der Waals surface area contributed by atoms with Crippen LogP contribution in [0, 0.1) is 5.82 Å². The van der Waals surface area contributed by atoms with Gasteiger partial charge in [-0.3, -0.25) is 9.59 Å². The predicted octanol–water partition coefficient (Wildman–Crippen LogP) is 3.00. The average molecular weight is 427 g/mol. The molecule has 7 nitrogen and oxygen atoms in total. The third-order valence-electron chi connectivity index (χ3n) is 4.12. The first-order valence-corrected chi connectivity index (χ1v) is 10.1. The number of nitrogens with one attached hydrogen (secondary N) is 2. The van der Waals surface area contributed by atoms with Crippen LogP contribution >= 0.6 is 11.6 Å². The van der Waals surface area contributed by atoms with Crippen LogP contribution in [0.25, 0.3) is 0 Å². The Balaban J connectivity index is 1.72. The Morgan fingerprint density at radius 3 is 2.79 bits per heavy atom. The first kappa shape index (κ1) is 20.1. The van der Waals surface area contributed by atoms with Crippen LogP contribution < -0.4 is 15.4 Å². The van der Waals surface area contributed by atoms with Crippen LogP contribution in [0.2, 0.25) is 5.02 Å². The SMILES string of the molecule is CC(CC(=O)Nc1ccc(F)c(Cl)c1)S(=O)(=O)c1ccc2c(c1)OCC(=O)N2. The molecule has 1 unspecified atom stereocenters. The molecule has 0 aromatic heterocycles. The Morgan fingerprint density at radius 1 is 1.32 bits per heavy atom. The second-order valence-electron chi connectivity index (χ2n) is 6.23. The maximum atomic E-state index is 13.2. The number of ether oxygens (including phenoxy) is 1. The van der Waals surface area contributed by atoms with Crippen molar-refractivity contribution in [2.24, 2.45) is 0 Å². The van der Waals surface area contributed by atoms with Crippen molar-refractivity contribution in [2.45, 2.75) is 23.5 Å². The largest absolute Gasteiger partial charge is 0.482 e. The van der Waals surface area contributed by atoms with Crippen molar-refractivity contribution in [1.82, 2.24) is 0 Å². The lowest BCUT2D eigenvalue weighted by atomic mass is 10.2. The van der Waals surface area contributed by atoms with Crippen molar-refractivity contribution in [3.63, 3.8) is 0 Å². The number of hydrogen-bond acceptors (Lipinski definition) is 5. The third-order valence-corrected chi connectivity index (χ3v) is 6.55. The Labute approximate surface area is 165 Å². The van der Waals surface area contributed by atoms with Gasteiger partial charge in [0.25, 0.3) is 5.91 Å². The summed E-state index contributed by atoms with van der Waals surface area (Å²) in [6.07, 6.45) is -0.313. The van der Waals surface area contributed by atoms with E-state index in [9.17, 15) is 22.4 Å². The lowest BCUT2D eigenvalue weighted by Crippen LogP contribution is -2.27. The molecule has 2 aromatic carbocycles. The van der Waals surface area contributed by atoms with Crippen molar-refractivity contribution < 1.29 is 27.1 Å². The van der Waals surface area contributed by atoms with Gasteiger partial charge in [-0.05, 0) is 37.3 Å². The molecule has 0 saturated heterocycles. The number of carbonyl (C=O) groups is 2. The molecular weight excluding hydrogens is 411 g/mol. The zero-order valence-electron chi connectivity index (χ0n) is 14.7. The third kappa shape index (κ3) is 4.26. The molecule has 0 aliphatic carbocycles. The highest BCUT2D eigenvalue weighted by Gasteiger charge is 2.28. The van der Waals surface area contributed by atoms with Crippen molar-refractivity contribution in [1.29, 1.82) is 0 Å². The standard InChI is InChI=1S/C18H16ClFN2O5S/c1-10(6-17(23)21-11-2-4-14(20)13(19)7-11)28(25,26)12-3-5-15-16(8-12)27-9-18(24)22-15/h2-5,7-8,10H,6,9H2,1H3,(H,21,23)(H,22,24). The molecule has 0 saturated carbocycles. The number of benzene rings is 2. The number of halogens is 2. The van der Waals surface area contributed by atoms with E-state index in [1.807, 2.05) is 0 Å². The van der Waals surface area contributed by atoms with E-state index in [0.29, 0.717) is 5.69 Å². The summed E-state index contributed by atoms with van der Waals surface area (Å²) in [6, 6.07) is 7.77. The van der Waals surface area contributed by atoms with E-state index >= 15 is 0 Å². The zero-order chi connectivity index (χ0) is 20.5. The van der Waals surface area contributed by atoms with Crippen molar-refractivity contribution in [3.05, 3.63) is 47.2 Å². The summed E-state index contributed by atoms with van der Waals surface area (Å²) in [5.41, 5.74) is 0.646. The Morgan fingerprint density at radius 2 is 2.07 bits per heavy atom. The van der Waals surface area contributed by atoms with Gasteiger partial charge in [0.05, 0.1) is 20.9 Å². The quantitative estimate of drug-likeness (QED) is 0.765. The highest BCUT2D eigenvalue weighted by atomic mass is 35.5. The molecule has 3 rings (SSSR count). The first-order chi connectivity index (χ1) is 13.2. The normalized spacial score (nSPS) is 14.5. The summed E-state index contributed by atoms with van der Waals surface area (Å²) in [6.45, 7) is 1.21. The molecule has 2 amide bonds. The second-order valence-corrected chi connectivity index (χ2v) is 9.00. The Bertz CT molecular complexity index is 1060. The number of anilines is 2. The Hall–Kier alpha value is -2.65. The molecule has 0 bridgehead atoms. The molecule has 148 valence electrons. The summed E-state index contributed by atoms with van der Waals surface area (Å²) in [5.74, 6) is -1.26. The molecule has 0 fully saturated rings. The average Bonchev–Trinajstić information content (AvgIpc) is 2.64. The fourth-order valence-corrected chi connectivity index (χ4v) is 4.17. The minimum atomic E-state index is -3.83. The van der Waals surface area contributed by atoms with Gasteiger partial charge in [0.2, 0.25) is 5.91 Å². The van der Waals surface area contributed by atoms with Gasteiger partial charge in [0.15, 0.2) is 16.4 Å². The molecule has 2 N–H and O–H groups in total. The zero-order valence-corrected chi connectivity index (χ0v) is 16.2. The molecule has 0 radical (unpaired) electrons. The number of fused-ring (bicyclic) bond motifs is 1. The maximum absolute atomic E-state index is 13.2. The number of carbonyl (C=O) groups excluding carboxylic acids is 2. The van der Waals surface area contributed by atoms with E-state index in [1.54, 1.807) is 0 Å². The minimum absolute atomic E-state index is 0.0208. The summed E-state index contributed by atoms with van der Waals surface area (Å²) < 4.78 is 44.0. The highest BCUT2D eigenvalue weighted by Crippen LogP contribution is 2.32. The van der Waals surface area contributed by atoms with Crippen LogP contribution in [-0.2, 0) is 19.4 Å². The Kier molecular flexibility index (Phi) is 5.57. The van der Waals surface area contributed by atoms with E-state index in [4.69, 9.17) is 16.3 Å². The molecule has 1 aliphatic rings. The lowest BCUT2D eigenvalue weighted by molar-refractivity contribution is -0.118. The number of hydrogen-bond donors (Lipinski definition) is 2. The smallest absolute Gasteiger partial charge is 0.262 e. The molecule has 2 aromatic rings. The fraction of sp³-hybridized carbons (Fsp3) is 0.222.